The van der Waals surface area contributed by atoms with Crippen molar-refractivity contribution >= 4 is 17.3 Å². The fourth-order valence-electron chi connectivity index (χ4n) is 1.31. The van der Waals surface area contributed by atoms with Gasteiger partial charge in [-0.3, -0.25) is 0 Å². The van der Waals surface area contributed by atoms with E-state index < -0.39 is 5.54 Å². The van der Waals surface area contributed by atoms with Gasteiger partial charge in [-0.25, -0.2) is 0 Å². The van der Waals surface area contributed by atoms with Crippen molar-refractivity contribution < 1.29 is 5.11 Å². The number of halogens is 1. The van der Waals surface area contributed by atoms with Crippen LogP contribution in [0.4, 0.5) is 5.69 Å². The van der Waals surface area contributed by atoms with E-state index in [0.717, 1.165) is 5.56 Å². The molecular formula is C10H15ClN2O. The molecule has 5 N–H and O–H groups in total. The summed E-state index contributed by atoms with van der Waals surface area (Å²) in [5.74, 6) is 0. The molecule has 0 spiro atoms. The predicted molar refractivity (Wildman–Crippen MR) is 59.2 cm³/mol. The lowest BCUT2D eigenvalue weighted by Crippen LogP contribution is -2.37. The zero-order chi connectivity index (χ0) is 10.9. The Labute approximate surface area is 88.7 Å². The molecule has 14 heavy (non-hydrogen) atoms. The van der Waals surface area contributed by atoms with Crippen LogP contribution in [0.25, 0.3) is 0 Å². The van der Waals surface area contributed by atoms with E-state index in [1.807, 2.05) is 6.92 Å². The Kier molecular flexibility index (Phi) is 3.04. The van der Waals surface area contributed by atoms with Crippen molar-refractivity contribution in [2.75, 3.05) is 12.3 Å². The van der Waals surface area contributed by atoms with Crippen LogP contribution in [0.2, 0.25) is 5.02 Å². The van der Waals surface area contributed by atoms with Crippen molar-refractivity contribution in [1.82, 2.24) is 0 Å². The first kappa shape index (κ1) is 11.3. The third-order valence-corrected chi connectivity index (χ3v) is 2.51. The van der Waals surface area contributed by atoms with Gasteiger partial charge in [0.05, 0.1) is 12.1 Å². The van der Waals surface area contributed by atoms with Crippen LogP contribution in [0.3, 0.4) is 0 Å². The van der Waals surface area contributed by atoms with E-state index in [0.29, 0.717) is 16.3 Å². The van der Waals surface area contributed by atoms with Gasteiger partial charge in [-0.05, 0) is 37.1 Å². The minimum absolute atomic E-state index is 0.170. The Balaban J connectivity index is 3.34. The monoisotopic (exact) mass is 214 g/mol. The van der Waals surface area contributed by atoms with Crippen molar-refractivity contribution in [3.63, 3.8) is 0 Å². The molecule has 0 fully saturated rings. The SMILES string of the molecule is Cc1cc(Cl)cc([C@](C)(N)CO)c1N. The first-order valence-corrected chi connectivity index (χ1v) is 4.72. The second kappa shape index (κ2) is 3.77. The topological polar surface area (TPSA) is 72.3 Å². The van der Waals surface area contributed by atoms with Crippen molar-refractivity contribution in [1.29, 1.82) is 0 Å². The minimum atomic E-state index is -0.847. The van der Waals surface area contributed by atoms with Crippen LogP contribution >= 0.6 is 11.6 Å². The quantitative estimate of drug-likeness (QED) is 0.652. The number of nitrogens with two attached hydrogens (primary N) is 2. The molecule has 1 rings (SSSR count). The molecule has 0 radical (unpaired) electrons. The summed E-state index contributed by atoms with van der Waals surface area (Å²) in [5.41, 5.74) is 13.1. The first-order chi connectivity index (χ1) is 6.38. The predicted octanol–water partition coefficient (Wildman–Crippen LogP) is 1.40. The van der Waals surface area contributed by atoms with Crippen molar-refractivity contribution in [2.24, 2.45) is 5.73 Å². The number of hydrogen-bond acceptors (Lipinski definition) is 3. The van der Waals surface area contributed by atoms with Crippen LogP contribution in [0.5, 0.6) is 0 Å². The summed E-state index contributed by atoms with van der Waals surface area (Å²) in [5, 5.41) is 9.71. The number of benzene rings is 1. The first-order valence-electron chi connectivity index (χ1n) is 4.34. The Hall–Kier alpha value is -0.770. The molecule has 0 saturated carbocycles. The number of rotatable bonds is 2. The summed E-state index contributed by atoms with van der Waals surface area (Å²) in [7, 11) is 0. The standard InChI is InChI=1S/C10H15ClN2O/c1-6-3-7(11)4-8(9(6)12)10(2,13)5-14/h3-4,14H,5,12-13H2,1-2H3/t10-/m1/s1. The molecule has 78 valence electrons. The van der Waals surface area contributed by atoms with E-state index in [1.54, 1.807) is 19.1 Å². The molecule has 0 aliphatic heterocycles. The number of anilines is 1. The molecule has 1 aromatic carbocycles. The van der Waals surface area contributed by atoms with Gasteiger partial charge < -0.3 is 16.6 Å². The van der Waals surface area contributed by atoms with E-state index in [1.165, 1.54) is 0 Å². The Morgan fingerprint density at radius 1 is 1.50 bits per heavy atom. The van der Waals surface area contributed by atoms with Crippen LogP contribution in [-0.2, 0) is 5.54 Å². The highest BCUT2D eigenvalue weighted by Crippen LogP contribution is 2.29. The molecule has 0 amide bonds. The van der Waals surface area contributed by atoms with Crippen molar-refractivity contribution in [3.05, 3.63) is 28.3 Å². The lowest BCUT2D eigenvalue weighted by molar-refractivity contribution is 0.210. The molecule has 1 atom stereocenters. The van der Waals surface area contributed by atoms with Crippen LogP contribution < -0.4 is 11.5 Å². The average molecular weight is 215 g/mol. The number of nitrogen functional groups attached to an aromatic ring is 1. The molecular weight excluding hydrogens is 200 g/mol. The van der Waals surface area contributed by atoms with Gasteiger partial charge in [-0.15, -0.1) is 0 Å². The molecule has 0 heterocycles. The van der Waals surface area contributed by atoms with E-state index >= 15 is 0 Å². The maximum Gasteiger partial charge on any atom is 0.0651 e. The molecule has 0 aromatic heterocycles. The van der Waals surface area contributed by atoms with Crippen LogP contribution in [0.15, 0.2) is 12.1 Å². The minimum Gasteiger partial charge on any atom is -0.398 e. The highest BCUT2D eigenvalue weighted by molar-refractivity contribution is 6.30. The van der Waals surface area contributed by atoms with Gasteiger partial charge in [0, 0.05) is 10.7 Å². The van der Waals surface area contributed by atoms with E-state index in [4.69, 9.17) is 28.2 Å². The number of aliphatic hydroxyl groups excluding tert-OH is 1. The van der Waals surface area contributed by atoms with Crippen LogP contribution in [0, 0.1) is 6.92 Å². The summed E-state index contributed by atoms with van der Waals surface area (Å²) >= 11 is 5.89. The molecule has 0 bridgehead atoms. The van der Waals surface area contributed by atoms with Gasteiger partial charge in [0.25, 0.3) is 0 Å². The Morgan fingerprint density at radius 3 is 2.57 bits per heavy atom. The second-order valence-corrected chi connectivity index (χ2v) is 4.20. The van der Waals surface area contributed by atoms with Crippen LogP contribution in [-0.4, -0.2) is 11.7 Å². The highest BCUT2D eigenvalue weighted by Gasteiger charge is 2.23. The largest absolute Gasteiger partial charge is 0.398 e. The molecule has 1 aromatic rings. The summed E-state index contributed by atoms with van der Waals surface area (Å²) in [4.78, 5) is 0. The lowest BCUT2D eigenvalue weighted by atomic mass is 9.91. The fourth-order valence-corrected chi connectivity index (χ4v) is 1.58. The summed E-state index contributed by atoms with van der Waals surface area (Å²) < 4.78 is 0. The third kappa shape index (κ3) is 2.00. The van der Waals surface area contributed by atoms with E-state index in [9.17, 15) is 0 Å². The molecule has 0 aliphatic rings. The van der Waals surface area contributed by atoms with Gasteiger partial charge >= 0.3 is 0 Å². The van der Waals surface area contributed by atoms with Gasteiger partial charge in [0.15, 0.2) is 0 Å². The molecule has 0 unspecified atom stereocenters. The maximum absolute atomic E-state index is 9.13. The fraction of sp³-hybridized carbons (Fsp3) is 0.400. The average Bonchev–Trinajstić information content (AvgIpc) is 2.11. The summed E-state index contributed by atoms with van der Waals surface area (Å²) in [6.07, 6.45) is 0. The zero-order valence-electron chi connectivity index (χ0n) is 8.34. The Bertz CT molecular complexity index is 350. The van der Waals surface area contributed by atoms with E-state index in [2.05, 4.69) is 0 Å². The van der Waals surface area contributed by atoms with Gasteiger partial charge in [-0.2, -0.15) is 0 Å². The highest BCUT2D eigenvalue weighted by atomic mass is 35.5. The second-order valence-electron chi connectivity index (χ2n) is 3.76. The van der Waals surface area contributed by atoms with Gasteiger partial charge in [0.1, 0.15) is 0 Å². The van der Waals surface area contributed by atoms with Gasteiger partial charge in [-0.1, -0.05) is 11.6 Å². The Morgan fingerprint density at radius 2 is 2.07 bits per heavy atom. The summed E-state index contributed by atoms with van der Waals surface area (Å²) in [6, 6.07) is 3.47. The molecule has 3 nitrogen and oxygen atoms in total. The van der Waals surface area contributed by atoms with Gasteiger partial charge in [0.2, 0.25) is 0 Å². The van der Waals surface area contributed by atoms with E-state index in [-0.39, 0.29) is 6.61 Å². The van der Waals surface area contributed by atoms with Crippen molar-refractivity contribution in [3.8, 4) is 0 Å². The number of hydrogen-bond donors (Lipinski definition) is 3. The summed E-state index contributed by atoms with van der Waals surface area (Å²) in [6.45, 7) is 3.41. The van der Waals surface area contributed by atoms with Crippen molar-refractivity contribution in [2.45, 2.75) is 19.4 Å². The van der Waals surface area contributed by atoms with Crippen LogP contribution in [0.1, 0.15) is 18.1 Å². The smallest absolute Gasteiger partial charge is 0.0651 e. The molecule has 0 saturated heterocycles. The normalized spacial score (nSPS) is 15.2. The third-order valence-electron chi connectivity index (χ3n) is 2.30. The maximum atomic E-state index is 9.13. The lowest BCUT2D eigenvalue weighted by Gasteiger charge is -2.25. The number of aryl methyl sites for hydroxylation is 1. The number of aliphatic hydroxyl groups is 1. The zero-order valence-corrected chi connectivity index (χ0v) is 9.10. The molecule has 0 aliphatic carbocycles. The molecule has 4 heteroatoms.